The van der Waals surface area contributed by atoms with Crippen LogP contribution in [0, 0.1) is 0 Å². The summed E-state index contributed by atoms with van der Waals surface area (Å²) in [7, 11) is -5.69. The third-order valence-corrected chi connectivity index (χ3v) is 6.20. The zero-order valence-electron chi connectivity index (χ0n) is 16.4. The Labute approximate surface area is 178 Å². The molecule has 0 aliphatic carbocycles. The molecule has 1 heterocycles. The molecule has 0 bridgehead atoms. The summed E-state index contributed by atoms with van der Waals surface area (Å²) in [6, 6.07) is 20.2. The Balaban J connectivity index is 1.52. The van der Waals surface area contributed by atoms with Crippen molar-refractivity contribution in [3.8, 4) is 5.75 Å². The van der Waals surface area contributed by atoms with Crippen molar-refractivity contribution in [2.45, 2.75) is 24.4 Å². The van der Waals surface area contributed by atoms with Gasteiger partial charge in [0.1, 0.15) is 5.75 Å². The Morgan fingerprint density at radius 1 is 0.968 bits per heavy atom. The minimum Gasteiger partial charge on any atom is -0.376 e. The molecule has 1 N–H and O–H groups in total. The molecular formula is C23H20F3NO3S. The van der Waals surface area contributed by atoms with Gasteiger partial charge in [0.25, 0.3) is 0 Å². The fraction of sp³-hybridized carbons (Fsp3) is 0.217. The molecule has 1 aliphatic heterocycles. The Morgan fingerprint density at radius 2 is 1.68 bits per heavy atom. The van der Waals surface area contributed by atoms with E-state index in [0.29, 0.717) is 11.4 Å². The van der Waals surface area contributed by atoms with Crippen LogP contribution in [-0.4, -0.2) is 26.5 Å². The molecule has 3 aromatic carbocycles. The van der Waals surface area contributed by atoms with Crippen LogP contribution < -0.4 is 9.50 Å². The van der Waals surface area contributed by atoms with Crippen molar-refractivity contribution in [1.82, 2.24) is 5.32 Å². The van der Waals surface area contributed by atoms with E-state index in [4.69, 9.17) is 0 Å². The Morgan fingerprint density at radius 3 is 2.42 bits per heavy atom. The highest BCUT2D eigenvalue weighted by molar-refractivity contribution is 7.88. The summed E-state index contributed by atoms with van der Waals surface area (Å²) >= 11 is 0. The number of hydrogen-bond acceptors (Lipinski definition) is 4. The van der Waals surface area contributed by atoms with Crippen molar-refractivity contribution in [3.63, 3.8) is 0 Å². The number of nitrogens with one attached hydrogen (secondary N) is 1. The molecule has 8 heteroatoms. The maximum atomic E-state index is 12.5. The van der Waals surface area contributed by atoms with Gasteiger partial charge < -0.3 is 9.50 Å². The van der Waals surface area contributed by atoms with E-state index in [0.717, 1.165) is 30.3 Å². The van der Waals surface area contributed by atoms with Crippen molar-refractivity contribution in [2.24, 2.45) is 0 Å². The lowest BCUT2D eigenvalue weighted by molar-refractivity contribution is -0.0500. The minimum absolute atomic E-state index is 0.307. The van der Waals surface area contributed by atoms with Gasteiger partial charge in [-0.1, -0.05) is 54.6 Å². The molecule has 1 atom stereocenters. The molecule has 3 aromatic rings. The summed E-state index contributed by atoms with van der Waals surface area (Å²) in [6.07, 6.45) is 3.90. The molecule has 0 spiro atoms. The number of halogens is 3. The lowest BCUT2D eigenvalue weighted by atomic mass is 9.91. The Bertz CT molecular complexity index is 1220. The second-order valence-electron chi connectivity index (χ2n) is 7.44. The first-order valence-corrected chi connectivity index (χ1v) is 11.1. The van der Waals surface area contributed by atoms with Crippen LogP contribution in [0.2, 0.25) is 0 Å². The summed E-state index contributed by atoms with van der Waals surface area (Å²) < 4.78 is 64.3. The predicted molar refractivity (Wildman–Crippen MR) is 114 cm³/mol. The Kier molecular flexibility index (Phi) is 5.77. The number of rotatable bonds is 5. The topological polar surface area (TPSA) is 55.4 Å². The zero-order valence-corrected chi connectivity index (χ0v) is 17.2. The van der Waals surface area contributed by atoms with E-state index in [1.54, 1.807) is 12.1 Å². The fourth-order valence-corrected chi connectivity index (χ4v) is 4.15. The molecule has 162 valence electrons. The molecule has 0 saturated carbocycles. The normalized spacial score (nSPS) is 17.4. The highest BCUT2D eigenvalue weighted by Gasteiger charge is 2.48. The SMILES string of the molecule is O=S(=O)(Oc1ccc2cc(C3=CCNC(Cc4ccccc4)C3)ccc2c1)C(F)(F)F. The van der Waals surface area contributed by atoms with Crippen LogP contribution in [0.1, 0.15) is 17.5 Å². The second-order valence-corrected chi connectivity index (χ2v) is 8.97. The van der Waals surface area contributed by atoms with E-state index in [1.807, 2.05) is 30.3 Å². The Hall–Kier alpha value is -2.84. The van der Waals surface area contributed by atoms with Crippen LogP contribution in [0.15, 0.2) is 72.8 Å². The summed E-state index contributed by atoms with van der Waals surface area (Å²) in [5, 5.41) is 4.88. The first-order valence-electron chi connectivity index (χ1n) is 9.72. The number of benzene rings is 3. The quantitative estimate of drug-likeness (QED) is 0.439. The molecule has 4 rings (SSSR count). The largest absolute Gasteiger partial charge is 0.534 e. The molecule has 1 unspecified atom stereocenters. The average Bonchev–Trinajstić information content (AvgIpc) is 2.73. The summed E-state index contributed by atoms with van der Waals surface area (Å²) in [4.78, 5) is 0. The van der Waals surface area contributed by atoms with Gasteiger partial charge in [-0.3, -0.25) is 0 Å². The van der Waals surface area contributed by atoms with Crippen LogP contribution in [0.4, 0.5) is 13.2 Å². The third kappa shape index (κ3) is 4.91. The third-order valence-electron chi connectivity index (χ3n) is 5.22. The molecule has 0 amide bonds. The molecule has 4 nitrogen and oxygen atoms in total. The monoisotopic (exact) mass is 447 g/mol. The molecule has 0 saturated heterocycles. The minimum atomic E-state index is -5.69. The van der Waals surface area contributed by atoms with Gasteiger partial charge in [-0.15, -0.1) is 0 Å². The first kappa shape index (κ1) is 21.4. The summed E-state index contributed by atoms with van der Waals surface area (Å²) in [5.74, 6) is -0.374. The average molecular weight is 447 g/mol. The molecular weight excluding hydrogens is 427 g/mol. The van der Waals surface area contributed by atoms with Crippen LogP contribution in [0.5, 0.6) is 5.75 Å². The van der Waals surface area contributed by atoms with E-state index >= 15 is 0 Å². The van der Waals surface area contributed by atoms with Crippen molar-refractivity contribution in [1.29, 1.82) is 0 Å². The lowest BCUT2D eigenvalue weighted by Crippen LogP contribution is -2.34. The van der Waals surface area contributed by atoms with Gasteiger partial charge in [-0.05, 0) is 58.5 Å². The smallest absolute Gasteiger partial charge is 0.376 e. The van der Waals surface area contributed by atoms with E-state index in [1.165, 1.54) is 23.3 Å². The van der Waals surface area contributed by atoms with Crippen LogP contribution >= 0.6 is 0 Å². The van der Waals surface area contributed by atoms with Crippen LogP contribution in [-0.2, 0) is 16.5 Å². The summed E-state index contributed by atoms with van der Waals surface area (Å²) in [6.45, 7) is 0.757. The van der Waals surface area contributed by atoms with Gasteiger partial charge in [0.05, 0.1) is 0 Å². The van der Waals surface area contributed by atoms with E-state index < -0.39 is 15.6 Å². The van der Waals surface area contributed by atoms with Gasteiger partial charge in [0.15, 0.2) is 0 Å². The van der Waals surface area contributed by atoms with Crippen LogP contribution in [0.25, 0.3) is 16.3 Å². The standard InChI is InChI=1S/C23H20F3NO3S/c24-23(25,26)31(28,29)30-22-9-8-18-13-17(6-7-19(18)15-22)20-10-11-27-21(14-20)12-16-4-2-1-3-5-16/h1-10,13,15,21,27H,11-12,14H2. The summed E-state index contributed by atoms with van der Waals surface area (Å²) in [5.41, 5.74) is -1.98. The fourth-order valence-electron chi connectivity index (χ4n) is 3.70. The maximum Gasteiger partial charge on any atom is 0.534 e. The molecule has 0 fully saturated rings. The van der Waals surface area contributed by atoms with Gasteiger partial charge in [-0.2, -0.15) is 21.6 Å². The van der Waals surface area contributed by atoms with Gasteiger partial charge in [0.2, 0.25) is 0 Å². The second kappa shape index (κ2) is 8.36. The van der Waals surface area contributed by atoms with Crippen LogP contribution in [0.3, 0.4) is 0 Å². The number of fused-ring (bicyclic) bond motifs is 1. The van der Waals surface area contributed by atoms with Gasteiger partial charge >= 0.3 is 15.6 Å². The predicted octanol–water partition coefficient (Wildman–Crippen LogP) is 5.06. The van der Waals surface area contributed by atoms with Crippen molar-refractivity contribution in [3.05, 3.63) is 83.9 Å². The molecule has 0 aromatic heterocycles. The van der Waals surface area contributed by atoms with E-state index in [9.17, 15) is 21.6 Å². The molecule has 0 radical (unpaired) electrons. The molecule has 31 heavy (non-hydrogen) atoms. The van der Waals surface area contributed by atoms with Crippen molar-refractivity contribution >= 4 is 26.5 Å². The number of alkyl halides is 3. The zero-order chi connectivity index (χ0) is 22.1. The van der Waals surface area contributed by atoms with Crippen molar-refractivity contribution < 1.29 is 25.8 Å². The lowest BCUT2D eigenvalue weighted by Gasteiger charge is -2.25. The van der Waals surface area contributed by atoms with Gasteiger partial charge in [0, 0.05) is 12.6 Å². The van der Waals surface area contributed by atoms with Crippen molar-refractivity contribution in [2.75, 3.05) is 6.54 Å². The van der Waals surface area contributed by atoms with E-state index in [2.05, 4.69) is 27.7 Å². The first-order chi connectivity index (χ1) is 14.7. The van der Waals surface area contributed by atoms with E-state index in [-0.39, 0.29) is 5.75 Å². The number of hydrogen-bond donors (Lipinski definition) is 1. The molecule has 1 aliphatic rings. The highest BCUT2D eigenvalue weighted by atomic mass is 32.2. The van der Waals surface area contributed by atoms with Gasteiger partial charge in [-0.25, -0.2) is 0 Å². The maximum absolute atomic E-state index is 12.5. The highest BCUT2D eigenvalue weighted by Crippen LogP contribution is 2.31.